The molecule has 0 unspecified atom stereocenters. The van der Waals surface area contributed by atoms with Crippen molar-refractivity contribution in [2.24, 2.45) is 0 Å². The van der Waals surface area contributed by atoms with E-state index >= 15 is 0 Å². The molecule has 122 valence electrons. The van der Waals surface area contributed by atoms with E-state index in [1.165, 1.54) is 10.9 Å². The van der Waals surface area contributed by atoms with Gasteiger partial charge in [0.15, 0.2) is 0 Å². The number of hydrogen-bond donors (Lipinski definition) is 0. The molecule has 1 aliphatic heterocycles. The van der Waals surface area contributed by atoms with Crippen molar-refractivity contribution in [1.82, 2.24) is 9.80 Å². The average molecular weight is 462 g/mol. The molecule has 0 spiro atoms. The number of halogens is 3. The van der Waals surface area contributed by atoms with Crippen molar-refractivity contribution in [1.29, 1.82) is 0 Å². The summed E-state index contributed by atoms with van der Waals surface area (Å²) in [6.07, 6.45) is 0. The quantitative estimate of drug-likeness (QED) is 0.677. The number of hydrogen-bond acceptors (Lipinski definition) is 3. The molecule has 0 N–H and O–H groups in total. The van der Waals surface area contributed by atoms with E-state index in [-0.39, 0.29) is 11.5 Å². The summed E-state index contributed by atoms with van der Waals surface area (Å²) in [5.41, 5.74) is 0.134. The Labute approximate surface area is 155 Å². The molecule has 23 heavy (non-hydrogen) atoms. The first-order valence-electron chi connectivity index (χ1n) is 7.24. The Hall–Kier alpha value is -0.760. The van der Waals surface area contributed by atoms with Gasteiger partial charge >= 0.3 is 0 Å². The molecule has 3 rings (SSSR count). The molecule has 1 fully saturated rings. The molecular weight excluding hydrogens is 447 g/mol. The summed E-state index contributed by atoms with van der Waals surface area (Å²) in [6, 6.07) is 8.64. The van der Waals surface area contributed by atoms with Crippen molar-refractivity contribution in [3.8, 4) is 0 Å². The highest BCUT2D eigenvalue weighted by atomic mass is 79.9. The second-order valence-corrected chi connectivity index (χ2v) is 8.86. The minimum absolute atomic E-state index is 0.134. The molecule has 0 aliphatic carbocycles. The van der Waals surface area contributed by atoms with Gasteiger partial charge < -0.3 is 4.90 Å². The van der Waals surface area contributed by atoms with E-state index in [0.717, 1.165) is 23.4 Å². The van der Waals surface area contributed by atoms with Crippen LogP contribution in [0.3, 0.4) is 0 Å². The molecule has 0 atom stereocenters. The molecule has 1 saturated heterocycles. The predicted octanol–water partition coefficient (Wildman–Crippen LogP) is 4.37. The van der Waals surface area contributed by atoms with Crippen molar-refractivity contribution in [3.63, 3.8) is 0 Å². The number of piperazine rings is 1. The van der Waals surface area contributed by atoms with Crippen LogP contribution in [-0.2, 0) is 6.54 Å². The van der Waals surface area contributed by atoms with Crippen LogP contribution >= 0.6 is 43.2 Å². The number of carbonyl (C=O) groups excluding carboxylic acids is 1. The molecule has 7 heteroatoms. The smallest absolute Gasteiger partial charge is 0.256 e. The van der Waals surface area contributed by atoms with E-state index < -0.39 is 5.82 Å². The number of carbonyl (C=O) groups is 1. The molecule has 0 bridgehead atoms. The fourth-order valence-corrected chi connectivity index (χ4v) is 4.48. The topological polar surface area (TPSA) is 23.6 Å². The van der Waals surface area contributed by atoms with E-state index in [1.807, 2.05) is 0 Å². The normalized spacial score (nSPS) is 15.9. The summed E-state index contributed by atoms with van der Waals surface area (Å²) in [7, 11) is 0. The van der Waals surface area contributed by atoms with Gasteiger partial charge in [0.05, 0.1) is 9.35 Å². The minimum Gasteiger partial charge on any atom is -0.336 e. The molecular formula is C16H15Br2FN2OS. The van der Waals surface area contributed by atoms with Crippen LogP contribution in [0.15, 0.2) is 38.6 Å². The maximum Gasteiger partial charge on any atom is 0.256 e. The minimum atomic E-state index is -0.468. The number of nitrogens with zero attached hydrogens (tertiary/aromatic N) is 2. The largest absolute Gasteiger partial charge is 0.336 e. The zero-order valence-corrected chi connectivity index (χ0v) is 16.3. The van der Waals surface area contributed by atoms with Gasteiger partial charge in [-0.3, -0.25) is 9.69 Å². The first kappa shape index (κ1) is 17.1. The molecule has 1 aliphatic rings. The standard InChI is InChI=1S/C16H15Br2FN2OS/c17-11-1-3-14(19)13(9-11)16(22)21-7-5-20(6-8-21)10-12-2-4-15(18)23-12/h1-4,9H,5-8,10H2. The predicted molar refractivity (Wildman–Crippen MR) is 97.3 cm³/mol. The molecule has 1 aromatic carbocycles. The Morgan fingerprint density at radius 1 is 1.13 bits per heavy atom. The van der Waals surface area contributed by atoms with Gasteiger partial charge in [0.25, 0.3) is 5.91 Å². The highest BCUT2D eigenvalue weighted by Gasteiger charge is 2.24. The van der Waals surface area contributed by atoms with Gasteiger partial charge in [0.1, 0.15) is 5.82 Å². The SMILES string of the molecule is O=C(c1cc(Br)ccc1F)N1CCN(Cc2ccc(Br)s2)CC1. The van der Waals surface area contributed by atoms with E-state index in [0.29, 0.717) is 17.6 Å². The molecule has 2 aromatic rings. The van der Waals surface area contributed by atoms with Gasteiger partial charge in [0.2, 0.25) is 0 Å². The van der Waals surface area contributed by atoms with E-state index in [9.17, 15) is 9.18 Å². The van der Waals surface area contributed by atoms with Gasteiger partial charge in [-0.25, -0.2) is 4.39 Å². The van der Waals surface area contributed by atoms with E-state index in [1.54, 1.807) is 28.4 Å². The zero-order chi connectivity index (χ0) is 16.4. The van der Waals surface area contributed by atoms with Crippen molar-refractivity contribution in [2.75, 3.05) is 26.2 Å². The Kier molecular flexibility index (Phi) is 5.51. The van der Waals surface area contributed by atoms with Crippen molar-refractivity contribution < 1.29 is 9.18 Å². The lowest BCUT2D eigenvalue weighted by Crippen LogP contribution is -2.48. The molecule has 1 amide bonds. The molecule has 2 heterocycles. The van der Waals surface area contributed by atoms with Crippen LogP contribution in [0.4, 0.5) is 4.39 Å². The molecule has 1 aromatic heterocycles. The summed E-state index contributed by atoms with van der Waals surface area (Å²) in [4.78, 5) is 17.8. The van der Waals surface area contributed by atoms with Crippen molar-refractivity contribution in [3.05, 3.63) is 54.8 Å². The summed E-state index contributed by atoms with van der Waals surface area (Å²) >= 11 is 8.49. The maximum atomic E-state index is 13.9. The highest BCUT2D eigenvalue weighted by molar-refractivity contribution is 9.11. The maximum absolute atomic E-state index is 13.9. The van der Waals surface area contributed by atoms with Crippen LogP contribution in [0.5, 0.6) is 0 Å². The third-order valence-corrected chi connectivity index (χ3v) is 5.93. The van der Waals surface area contributed by atoms with Gasteiger partial charge in [-0.1, -0.05) is 15.9 Å². The lowest BCUT2D eigenvalue weighted by molar-refractivity contribution is 0.0625. The van der Waals surface area contributed by atoms with Crippen LogP contribution in [0.1, 0.15) is 15.2 Å². The molecule has 3 nitrogen and oxygen atoms in total. The first-order chi connectivity index (χ1) is 11.0. The number of benzene rings is 1. The second-order valence-electron chi connectivity index (χ2n) is 5.40. The van der Waals surface area contributed by atoms with Gasteiger partial charge in [-0.2, -0.15) is 0 Å². The van der Waals surface area contributed by atoms with Gasteiger partial charge in [-0.05, 0) is 46.3 Å². The highest BCUT2D eigenvalue weighted by Crippen LogP contribution is 2.24. The van der Waals surface area contributed by atoms with Crippen LogP contribution < -0.4 is 0 Å². The lowest BCUT2D eigenvalue weighted by atomic mass is 10.1. The van der Waals surface area contributed by atoms with Gasteiger partial charge in [0, 0.05) is 42.1 Å². The number of amides is 1. The summed E-state index contributed by atoms with van der Waals surface area (Å²) < 4.78 is 15.7. The molecule has 0 radical (unpaired) electrons. The third-order valence-electron chi connectivity index (χ3n) is 3.83. The fourth-order valence-electron chi connectivity index (χ4n) is 2.60. The second kappa shape index (κ2) is 7.42. The third kappa shape index (κ3) is 4.21. The number of thiophene rings is 1. The monoisotopic (exact) mass is 460 g/mol. The fraction of sp³-hybridized carbons (Fsp3) is 0.312. The van der Waals surface area contributed by atoms with Crippen LogP contribution in [0, 0.1) is 5.82 Å². The van der Waals surface area contributed by atoms with Crippen LogP contribution in [0.25, 0.3) is 0 Å². The lowest BCUT2D eigenvalue weighted by Gasteiger charge is -2.34. The van der Waals surface area contributed by atoms with E-state index in [2.05, 4.69) is 48.9 Å². The zero-order valence-electron chi connectivity index (χ0n) is 12.3. The van der Waals surface area contributed by atoms with Crippen LogP contribution in [0.2, 0.25) is 0 Å². The average Bonchev–Trinajstić information content (AvgIpc) is 2.95. The van der Waals surface area contributed by atoms with Crippen molar-refractivity contribution >= 4 is 49.1 Å². The Bertz CT molecular complexity index is 714. The summed E-state index contributed by atoms with van der Waals surface area (Å²) in [5.74, 6) is -0.702. The Morgan fingerprint density at radius 2 is 1.87 bits per heavy atom. The van der Waals surface area contributed by atoms with Crippen molar-refractivity contribution in [2.45, 2.75) is 6.54 Å². The molecule has 0 saturated carbocycles. The Balaban J connectivity index is 1.60. The first-order valence-corrected chi connectivity index (χ1v) is 9.64. The summed E-state index contributed by atoms with van der Waals surface area (Å²) in [5, 5.41) is 0. The van der Waals surface area contributed by atoms with Gasteiger partial charge in [-0.15, -0.1) is 11.3 Å². The number of rotatable bonds is 3. The summed E-state index contributed by atoms with van der Waals surface area (Å²) in [6.45, 7) is 3.74. The van der Waals surface area contributed by atoms with Crippen LogP contribution in [-0.4, -0.2) is 41.9 Å². The van der Waals surface area contributed by atoms with E-state index in [4.69, 9.17) is 0 Å². The Morgan fingerprint density at radius 3 is 2.52 bits per heavy atom.